The lowest BCUT2D eigenvalue weighted by atomic mass is 10.1. The number of carbonyl (C=O) groups excluding carboxylic acids is 2. The van der Waals surface area contributed by atoms with Crippen molar-refractivity contribution in [1.29, 1.82) is 0 Å². The second kappa shape index (κ2) is 7.06. The quantitative estimate of drug-likeness (QED) is 0.495. The van der Waals surface area contributed by atoms with Crippen molar-refractivity contribution in [2.45, 2.75) is 19.4 Å². The zero-order valence-electron chi connectivity index (χ0n) is 14.4. The number of aromatic nitrogens is 4. The van der Waals surface area contributed by atoms with Crippen LogP contribution in [0.2, 0.25) is 0 Å². The van der Waals surface area contributed by atoms with Gasteiger partial charge < -0.3 is 0 Å². The van der Waals surface area contributed by atoms with Gasteiger partial charge in [0, 0.05) is 12.1 Å². The zero-order valence-corrected chi connectivity index (χ0v) is 14.4. The predicted octanol–water partition coefficient (Wildman–Crippen LogP) is 2.56. The average Bonchev–Trinajstić information content (AvgIpc) is 3.24. The molecule has 8 heteroatoms. The smallest absolute Gasteiger partial charge is 0.261 e. The maximum absolute atomic E-state index is 13.3. The van der Waals surface area contributed by atoms with Gasteiger partial charge in [-0.25, -0.2) is 4.39 Å². The molecule has 1 aliphatic heterocycles. The summed E-state index contributed by atoms with van der Waals surface area (Å²) in [7, 11) is 0. The second-order valence-electron chi connectivity index (χ2n) is 6.23. The number of aryl methyl sites for hydroxylation is 1. The Bertz CT molecular complexity index is 982. The highest BCUT2D eigenvalue weighted by atomic mass is 19.1. The minimum Gasteiger partial charge on any atom is -0.274 e. The topological polar surface area (TPSA) is 81.0 Å². The van der Waals surface area contributed by atoms with Gasteiger partial charge in [0.25, 0.3) is 11.8 Å². The molecule has 0 aliphatic carbocycles. The highest BCUT2D eigenvalue weighted by Crippen LogP contribution is 2.22. The molecule has 0 radical (unpaired) electrons. The molecule has 136 valence electrons. The molecule has 0 atom stereocenters. The van der Waals surface area contributed by atoms with Crippen molar-refractivity contribution in [3.63, 3.8) is 0 Å². The Kier molecular flexibility index (Phi) is 4.45. The number of unbranched alkanes of at least 4 members (excludes halogenated alkanes) is 1. The molecule has 0 fully saturated rings. The molecule has 0 saturated heterocycles. The Morgan fingerprint density at radius 3 is 2.30 bits per heavy atom. The Balaban J connectivity index is 1.31. The van der Waals surface area contributed by atoms with Gasteiger partial charge in [-0.15, -0.1) is 10.2 Å². The van der Waals surface area contributed by atoms with E-state index in [1.807, 2.05) is 0 Å². The number of carbonyl (C=O) groups is 2. The van der Waals surface area contributed by atoms with E-state index in [1.165, 1.54) is 21.8 Å². The lowest BCUT2D eigenvalue weighted by Crippen LogP contribution is -2.30. The summed E-state index contributed by atoms with van der Waals surface area (Å²) in [6.07, 6.45) is 1.30. The van der Waals surface area contributed by atoms with E-state index < -0.39 is 0 Å². The van der Waals surface area contributed by atoms with Gasteiger partial charge in [-0.2, -0.15) is 4.80 Å². The summed E-state index contributed by atoms with van der Waals surface area (Å²) >= 11 is 0. The predicted molar refractivity (Wildman–Crippen MR) is 94.3 cm³/mol. The Hall–Kier alpha value is -3.42. The Morgan fingerprint density at radius 2 is 1.59 bits per heavy atom. The van der Waals surface area contributed by atoms with Crippen molar-refractivity contribution >= 4 is 11.8 Å². The molecule has 0 spiro atoms. The first-order valence-corrected chi connectivity index (χ1v) is 8.62. The standard InChI is InChI=1S/C19H16FN5O2/c20-14-7-5-6-13(12-14)17-21-23-25(22-17)11-4-3-10-24-18(26)15-8-1-2-9-16(15)19(24)27/h1-2,5-9,12H,3-4,10-11H2. The van der Waals surface area contributed by atoms with Gasteiger partial charge in [0.2, 0.25) is 5.82 Å². The molecular formula is C19H16FN5O2. The Labute approximate surface area is 154 Å². The van der Waals surface area contributed by atoms with Gasteiger partial charge in [0.15, 0.2) is 0 Å². The normalized spacial score (nSPS) is 13.3. The monoisotopic (exact) mass is 365 g/mol. The molecule has 1 aliphatic rings. The maximum atomic E-state index is 13.3. The van der Waals surface area contributed by atoms with Crippen molar-refractivity contribution in [1.82, 2.24) is 25.1 Å². The van der Waals surface area contributed by atoms with Crippen LogP contribution in [0.4, 0.5) is 4.39 Å². The number of tetrazole rings is 1. The third kappa shape index (κ3) is 3.33. The minimum atomic E-state index is -0.357. The van der Waals surface area contributed by atoms with Crippen molar-refractivity contribution in [2.24, 2.45) is 0 Å². The van der Waals surface area contributed by atoms with Gasteiger partial charge >= 0.3 is 0 Å². The summed E-state index contributed by atoms with van der Waals surface area (Å²) in [5, 5.41) is 12.1. The number of halogens is 1. The molecule has 7 nitrogen and oxygen atoms in total. The summed E-state index contributed by atoms with van der Waals surface area (Å²) in [4.78, 5) is 27.3. The van der Waals surface area contributed by atoms with Crippen LogP contribution in [0, 0.1) is 5.82 Å². The van der Waals surface area contributed by atoms with Crippen molar-refractivity contribution < 1.29 is 14.0 Å². The number of hydrogen-bond acceptors (Lipinski definition) is 5. The third-order valence-electron chi connectivity index (χ3n) is 4.40. The van der Waals surface area contributed by atoms with Crippen molar-refractivity contribution in [2.75, 3.05) is 6.54 Å². The van der Waals surface area contributed by atoms with Crippen LogP contribution in [0.25, 0.3) is 11.4 Å². The molecule has 0 saturated carbocycles. The number of amides is 2. The molecule has 0 bridgehead atoms. The van der Waals surface area contributed by atoms with Crippen LogP contribution in [0.15, 0.2) is 48.5 Å². The van der Waals surface area contributed by atoms with E-state index in [0.717, 1.165) is 0 Å². The molecule has 1 aromatic heterocycles. The van der Waals surface area contributed by atoms with E-state index >= 15 is 0 Å². The maximum Gasteiger partial charge on any atom is 0.261 e. The summed E-state index contributed by atoms with van der Waals surface area (Å²) in [6, 6.07) is 12.8. The zero-order chi connectivity index (χ0) is 18.8. The van der Waals surface area contributed by atoms with Crippen LogP contribution in [0.5, 0.6) is 0 Å². The van der Waals surface area contributed by atoms with E-state index in [0.29, 0.717) is 48.4 Å². The third-order valence-corrected chi connectivity index (χ3v) is 4.40. The van der Waals surface area contributed by atoms with E-state index in [9.17, 15) is 14.0 Å². The van der Waals surface area contributed by atoms with E-state index in [-0.39, 0.29) is 17.6 Å². The highest BCUT2D eigenvalue weighted by molar-refractivity contribution is 6.21. The van der Waals surface area contributed by atoms with Crippen LogP contribution in [-0.4, -0.2) is 43.5 Å². The number of rotatable bonds is 6. The van der Waals surface area contributed by atoms with Crippen LogP contribution in [-0.2, 0) is 6.54 Å². The first-order valence-electron chi connectivity index (χ1n) is 8.62. The van der Waals surface area contributed by atoms with E-state index in [1.54, 1.807) is 36.4 Å². The van der Waals surface area contributed by atoms with Gasteiger partial charge in [0.05, 0.1) is 17.7 Å². The lowest BCUT2D eigenvalue weighted by molar-refractivity contribution is 0.0651. The van der Waals surface area contributed by atoms with Crippen LogP contribution in [0.1, 0.15) is 33.6 Å². The number of hydrogen-bond donors (Lipinski definition) is 0. The highest BCUT2D eigenvalue weighted by Gasteiger charge is 2.34. The second-order valence-corrected chi connectivity index (χ2v) is 6.23. The van der Waals surface area contributed by atoms with Crippen molar-refractivity contribution in [3.05, 3.63) is 65.5 Å². The molecule has 4 rings (SSSR count). The molecule has 0 N–H and O–H groups in total. The molecule has 2 heterocycles. The van der Waals surface area contributed by atoms with E-state index in [2.05, 4.69) is 15.4 Å². The summed E-state index contributed by atoms with van der Waals surface area (Å²) in [5.41, 5.74) is 1.48. The van der Waals surface area contributed by atoms with Crippen LogP contribution >= 0.6 is 0 Å². The fourth-order valence-electron chi connectivity index (χ4n) is 3.05. The van der Waals surface area contributed by atoms with Crippen LogP contribution in [0.3, 0.4) is 0 Å². The number of fused-ring (bicyclic) bond motifs is 1. The fraction of sp³-hybridized carbons (Fsp3) is 0.211. The van der Waals surface area contributed by atoms with E-state index in [4.69, 9.17) is 0 Å². The molecular weight excluding hydrogens is 349 g/mol. The summed E-state index contributed by atoms with van der Waals surface area (Å²) in [5.74, 6) is -0.495. The molecule has 27 heavy (non-hydrogen) atoms. The molecule has 2 aromatic carbocycles. The SMILES string of the molecule is O=C1c2ccccc2C(=O)N1CCCCn1nnc(-c2cccc(F)c2)n1. The van der Waals surface area contributed by atoms with Gasteiger partial charge in [-0.1, -0.05) is 24.3 Å². The first kappa shape index (κ1) is 17.0. The van der Waals surface area contributed by atoms with Gasteiger partial charge in [0.1, 0.15) is 5.82 Å². The lowest BCUT2D eigenvalue weighted by Gasteiger charge is -2.13. The van der Waals surface area contributed by atoms with Crippen molar-refractivity contribution in [3.8, 4) is 11.4 Å². The largest absolute Gasteiger partial charge is 0.274 e. The number of imide groups is 1. The first-order chi connectivity index (χ1) is 13.1. The summed E-state index contributed by atoms with van der Waals surface area (Å²) in [6.45, 7) is 0.837. The molecule has 2 amide bonds. The van der Waals surface area contributed by atoms with Crippen LogP contribution < -0.4 is 0 Å². The minimum absolute atomic E-state index is 0.247. The fourth-order valence-corrected chi connectivity index (χ4v) is 3.05. The Morgan fingerprint density at radius 1 is 0.889 bits per heavy atom. The number of nitrogens with zero attached hydrogens (tertiary/aromatic N) is 5. The average molecular weight is 365 g/mol. The van der Waals surface area contributed by atoms with Gasteiger partial charge in [-0.3, -0.25) is 14.5 Å². The summed E-state index contributed by atoms with van der Waals surface area (Å²) < 4.78 is 13.3. The van der Waals surface area contributed by atoms with Gasteiger partial charge in [-0.05, 0) is 42.3 Å². The number of benzene rings is 2. The molecule has 3 aromatic rings. The molecule has 0 unspecified atom stereocenters.